The van der Waals surface area contributed by atoms with Crippen molar-refractivity contribution in [3.63, 3.8) is 0 Å². The number of carbonyl (C=O) groups is 1. The maximum atomic E-state index is 11.3. The Kier molecular flexibility index (Phi) is 3.23. The quantitative estimate of drug-likeness (QED) is 0.890. The van der Waals surface area contributed by atoms with E-state index < -0.39 is 5.97 Å². The van der Waals surface area contributed by atoms with Gasteiger partial charge in [0.15, 0.2) is 5.69 Å². The molecule has 1 aliphatic heterocycles. The van der Waals surface area contributed by atoms with Crippen LogP contribution < -0.4 is 5.32 Å². The molecule has 0 radical (unpaired) electrons. The molecule has 0 aliphatic carbocycles. The Morgan fingerprint density at radius 3 is 3.05 bits per heavy atom. The molecular weight excluding hydrogens is 278 g/mol. The van der Waals surface area contributed by atoms with Crippen molar-refractivity contribution in [2.45, 2.75) is 19.9 Å². The van der Waals surface area contributed by atoms with E-state index in [0.717, 1.165) is 35.5 Å². The number of nitrogens with zero attached hydrogens (tertiary/aromatic N) is 2. The first kappa shape index (κ1) is 13.1. The molecule has 1 aromatic carbocycles. The summed E-state index contributed by atoms with van der Waals surface area (Å²) in [5.74, 6) is -0.997. The van der Waals surface area contributed by atoms with Crippen molar-refractivity contribution in [3.05, 3.63) is 45.7 Å². The van der Waals surface area contributed by atoms with Crippen LogP contribution in [0.3, 0.4) is 0 Å². The Morgan fingerprint density at radius 2 is 2.30 bits per heavy atom. The number of nitrogens with one attached hydrogen (secondary N) is 1. The van der Waals surface area contributed by atoms with Crippen LogP contribution in [0.1, 0.15) is 27.3 Å². The average molecular weight is 292 g/mol. The topological polar surface area (TPSA) is 67.2 Å². The highest BCUT2D eigenvalue weighted by Gasteiger charge is 2.25. The van der Waals surface area contributed by atoms with Crippen molar-refractivity contribution in [1.82, 2.24) is 15.1 Å². The van der Waals surface area contributed by atoms with E-state index in [2.05, 4.69) is 10.4 Å². The van der Waals surface area contributed by atoms with Crippen LogP contribution >= 0.6 is 11.6 Å². The van der Waals surface area contributed by atoms with E-state index in [1.165, 1.54) is 0 Å². The molecule has 0 saturated heterocycles. The van der Waals surface area contributed by atoms with Gasteiger partial charge in [-0.25, -0.2) is 9.48 Å². The van der Waals surface area contributed by atoms with E-state index >= 15 is 0 Å². The monoisotopic (exact) mass is 291 g/mol. The molecule has 0 unspecified atom stereocenters. The molecule has 2 N–H and O–H groups in total. The van der Waals surface area contributed by atoms with E-state index in [-0.39, 0.29) is 5.69 Å². The second-order valence-corrected chi connectivity index (χ2v) is 5.21. The number of hydrogen-bond acceptors (Lipinski definition) is 3. The highest BCUT2D eigenvalue weighted by atomic mass is 35.5. The lowest BCUT2D eigenvalue weighted by Crippen LogP contribution is -2.25. The Balaban J connectivity index is 2.24. The van der Waals surface area contributed by atoms with Crippen LogP contribution in [0.4, 0.5) is 0 Å². The minimum absolute atomic E-state index is 0.117. The summed E-state index contributed by atoms with van der Waals surface area (Å²) in [4.78, 5) is 11.3. The van der Waals surface area contributed by atoms with E-state index in [9.17, 15) is 9.90 Å². The predicted molar refractivity (Wildman–Crippen MR) is 75.7 cm³/mol. The molecule has 1 aliphatic rings. The highest BCUT2D eigenvalue weighted by Crippen LogP contribution is 2.27. The molecule has 0 atom stereocenters. The summed E-state index contributed by atoms with van der Waals surface area (Å²) in [6.07, 6.45) is 0.752. The van der Waals surface area contributed by atoms with Gasteiger partial charge in [-0.1, -0.05) is 17.7 Å². The molecule has 2 aromatic rings. The molecule has 3 rings (SSSR count). The second kappa shape index (κ2) is 4.92. The molecule has 0 fully saturated rings. The molecule has 0 bridgehead atoms. The lowest BCUT2D eigenvalue weighted by Gasteiger charge is -2.16. The molecule has 1 aromatic heterocycles. The summed E-state index contributed by atoms with van der Waals surface area (Å²) >= 11 is 6.15. The molecule has 0 spiro atoms. The van der Waals surface area contributed by atoms with Crippen LogP contribution in [-0.2, 0) is 13.0 Å². The van der Waals surface area contributed by atoms with E-state index in [0.29, 0.717) is 11.6 Å². The number of aromatic carboxylic acids is 1. The van der Waals surface area contributed by atoms with Crippen molar-refractivity contribution in [2.24, 2.45) is 0 Å². The Hall–Kier alpha value is -1.85. The molecule has 6 heteroatoms. The summed E-state index contributed by atoms with van der Waals surface area (Å²) in [5.41, 5.74) is 3.57. The standard InChI is InChI=1S/C14H14ClN3O2/c1-8-10(15)3-2-4-11(8)18-12-5-6-16-7-9(12)13(17-18)14(19)20/h2-4,16H,5-7H2,1H3,(H,19,20). The van der Waals surface area contributed by atoms with Crippen molar-refractivity contribution in [1.29, 1.82) is 0 Å². The Bertz CT molecular complexity index is 694. The van der Waals surface area contributed by atoms with E-state index in [1.54, 1.807) is 4.68 Å². The first-order chi connectivity index (χ1) is 9.59. The van der Waals surface area contributed by atoms with Gasteiger partial charge in [0.1, 0.15) is 0 Å². The van der Waals surface area contributed by atoms with Gasteiger partial charge in [0.25, 0.3) is 0 Å². The number of rotatable bonds is 2. The maximum Gasteiger partial charge on any atom is 0.356 e. The molecule has 0 saturated carbocycles. The average Bonchev–Trinajstić information content (AvgIpc) is 2.82. The fraction of sp³-hybridized carbons (Fsp3) is 0.286. The van der Waals surface area contributed by atoms with Crippen molar-refractivity contribution in [2.75, 3.05) is 6.54 Å². The zero-order chi connectivity index (χ0) is 14.3. The lowest BCUT2D eigenvalue weighted by molar-refractivity contribution is 0.0688. The van der Waals surface area contributed by atoms with Gasteiger partial charge >= 0.3 is 5.97 Å². The summed E-state index contributed by atoms with van der Waals surface area (Å²) in [6, 6.07) is 5.57. The molecular formula is C14H14ClN3O2. The molecule has 20 heavy (non-hydrogen) atoms. The number of fused-ring (bicyclic) bond motifs is 1. The third-order valence-corrected chi connectivity index (χ3v) is 4.01. The van der Waals surface area contributed by atoms with Crippen LogP contribution in [0.25, 0.3) is 5.69 Å². The van der Waals surface area contributed by atoms with Crippen LogP contribution in [0, 0.1) is 6.92 Å². The summed E-state index contributed by atoms with van der Waals surface area (Å²) in [7, 11) is 0. The third-order valence-electron chi connectivity index (χ3n) is 3.60. The second-order valence-electron chi connectivity index (χ2n) is 4.80. The van der Waals surface area contributed by atoms with Gasteiger partial charge < -0.3 is 10.4 Å². The smallest absolute Gasteiger partial charge is 0.356 e. The first-order valence-electron chi connectivity index (χ1n) is 6.40. The van der Waals surface area contributed by atoms with Crippen molar-refractivity contribution in [3.8, 4) is 5.69 Å². The summed E-state index contributed by atoms with van der Waals surface area (Å²) in [6.45, 7) is 3.27. The number of halogens is 1. The maximum absolute atomic E-state index is 11.3. The largest absolute Gasteiger partial charge is 0.476 e. The van der Waals surface area contributed by atoms with Crippen molar-refractivity contribution >= 4 is 17.6 Å². The zero-order valence-electron chi connectivity index (χ0n) is 11.0. The van der Waals surface area contributed by atoms with Crippen LogP contribution in [0.15, 0.2) is 18.2 Å². The number of benzene rings is 1. The fourth-order valence-electron chi connectivity index (χ4n) is 2.54. The van der Waals surface area contributed by atoms with Crippen molar-refractivity contribution < 1.29 is 9.90 Å². The van der Waals surface area contributed by atoms with E-state index in [1.807, 2.05) is 25.1 Å². The number of hydrogen-bond donors (Lipinski definition) is 2. The predicted octanol–water partition coefficient (Wildman–Crippen LogP) is 2.18. The molecule has 2 heterocycles. The van der Waals surface area contributed by atoms with Gasteiger partial charge in [-0.2, -0.15) is 5.10 Å². The number of aromatic nitrogens is 2. The van der Waals surface area contributed by atoms with Crippen LogP contribution in [0.5, 0.6) is 0 Å². The lowest BCUT2D eigenvalue weighted by atomic mass is 10.1. The van der Waals surface area contributed by atoms with Crippen LogP contribution in [-0.4, -0.2) is 27.4 Å². The van der Waals surface area contributed by atoms with E-state index in [4.69, 9.17) is 11.6 Å². The van der Waals surface area contributed by atoms with Gasteiger partial charge in [0.05, 0.1) is 11.4 Å². The van der Waals surface area contributed by atoms with Gasteiger partial charge in [-0.3, -0.25) is 0 Å². The van der Waals surface area contributed by atoms with Crippen LogP contribution in [0.2, 0.25) is 5.02 Å². The first-order valence-corrected chi connectivity index (χ1v) is 6.77. The normalized spacial score (nSPS) is 14.1. The fourth-order valence-corrected chi connectivity index (χ4v) is 2.71. The minimum Gasteiger partial charge on any atom is -0.476 e. The minimum atomic E-state index is -0.997. The number of carboxylic acids is 1. The third kappa shape index (κ3) is 1.99. The highest BCUT2D eigenvalue weighted by molar-refractivity contribution is 6.31. The Morgan fingerprint density at radius 1 is 1.50 bits per heavy atom. The summed E-state index contributed by atoms with van der Waals surface area (Å²) < 4.78 is 1.72. The zero-order valence-corrected chi connectivity index (χ0v) is 11.7. The van der Waals surface area contributed by atoms with Gasteiger partial charge in [0.2, 0.25) is 0 Å². The van der Waals surface area contributed by atoms with Gasteiger partial charge in [-0.15, -0.1) is 0 Å². The molecule has 5 nitrogen and oxygen atoms in total. The molecule has 0 amide bonds. The van der Waals surface area contributed by atoms with Gasteiger partial charge in [0, 0.05) is 30.1 Å². The Labute approximate surface area is 121 Å². The summed E-state index contributed by atoms with van der Waals surface area (Å²) in [5, 5.41) is 17.4. The van der Waals surface area contributed by atoms with Gasteiger partial charge in [-0.05, 0) is 24.6 Å². The molecule has 104 valence electrons. The number of carboxylic acid groups (broad SMARTS) is 1. The SMILES string of the molecule is Cc1c(Cl)cccc1-n1nc(C(=O)O)c2c1CCNC2.